The summed E-state index contributed by atoms with van der Waals surface area (Å²) in [6.45, 7) is 10.7. The molecule has 2 fully saturated rings. The third-order valence-corrected chi connectivity index (χ3v) is 5.91. The van der Waals surface area contributed by atoms with E-state index in [0.29, 0.717) is 12.8 Å². The Morgan fingerprint density at radius 3 is 2.09 bits per heavy atom. The zero-order valence-electron chi connectivity index (χ0n) is 19.1. The molecule has 10 nitrogen and oxygen atoms in total. The van der Waals surface area contributed by atoms with Crippen LogP contribution in [0.15, 0.2) is 24.3 Å². The summed E-state index contributed by atoms with van der Waals surface area (Å²) in [5.41, 5.74) is 0.281. The third-order valence-electron chi connectivity index (χ3n) is 5.91. The first-order valence-corrected chi connectivity index (χ1v) is 10.9. The molecular formula is C22H38O10. The molecule has 0 aromatic rings. The predicted octanol–water partition coefficient (Wildman–Crippen LogP) is -0.654. The Balaban J connectivity index is 2.03. The highest BCUT2D eigenvalue weighted by Gasteiger charge is 2.48. The Kier molecular flexibility index (Phi) is 9.80. The third kappa shape index (κ3) is 6.57. The normalized spacial score (nSPS) is 42.2. The topological polar surface area (TPSA) is 158 Å². The molecule has 0 bridgehead atoms. The van der Waals surface area contributed by atoms with Crippen LogP contribution >= 0.6 is 0 Å². The quantitative estimate of drug-likeness (QED) is 0.243. The lowest BCUT2D eigenvalue weighted by Crippen LogP contribution is -2.61. The van der Waals surface area contributed by atoms with Crippen molar-refractivity contribution in [1.29, 1.82) is 0 Å². The van der Waals surface area contributed by atoms with Crippen LogP contribution in [0.5, 0.6) is 0 Å². The van der Waals surface area contributed by atoms with Gasteiger partial charge in [0.2, 0.25) is 0 Å². The summed E-state index contributed by atoms with van der Waals surface area (Å²) in [5.74, 6) is 0. The van der Waals surface area contributed by atoms with E-state index in [4.69, 9.17) is 18.9 Å². The van der Waals surface area contributed by atoms with E-state index in [0.717, 1.165) is 5.57 Å². The summed E-state index contributed by atoms with van der Waals surface area (Å²) in [6.07, 6.45) is -8.47. The summed E-state index contributed by atoms with van der Waals surface area (Å²) < 4.78 is 22.5. The number of ether oxygens (including phenoxy) is 4. The Hall–Kier alpha value is -0.920. The lowest BCUT2D eigenvalue weighted by atomic mass is 9.96. The lowest BCUT2D eigenvalue weighted by Gasteiger charge is -2.44. The van der Waals surface area contributed by atoms with Crippen molar-refractivity contribution in [3.8, 4) is 0 Å². The van der Waals surface area contributed by atoms with Gasteiger partial charge in [0.15, 0.2) is 12.6 Å². The molecule has 0 aliphatic carbocycles. The van der Waals surface area contributed by atoms with E-state index in [1.54, 1.807) is 13.0 Å². The molecule has 2 rings (SSSR count). The van der Waals surface area contributed by atoms with Crippen molar-refractivity contribution < 1.29 is 49.6 Å². The highest BCUT2D eigenvalue weighted by molar-refractivity contribution is 5.00. The van der Waals surface area contributed by atoms with E-state index < -0.39 is 67.0 Å². The minimum atomic E-state index is -1.57. The molecule has 0 radical (unpaired) electrons. The maximum absolute atomic E-state index is 10.4. The Labute approximate surface area is 188 Å². The standard InChI is InChI=1S/C22H38O10/c1-6-22(5,9-7-8-11(2)3)32-21-19(28)17(26)15(24)13(31-21)10-29-20-18(27)16(25)14(23)12(4)30-20/h6,8,12-21,23-28H,1,7,9-10H2,2-5H3/t12-,13+,14-,15+,16+,17-,18+,19+,20+,21-,22+/m0/s1. The highest BCUT2D eigenvalue weighted by Crippen LogP contribution is 2.30. The monoisotopic (exact) mass is 462 g/mol. The molecule has 0 unspecified atom stereocenters. The van der Waals surface area contributed by atoms with E-state index >= 15 is 0 Å². The Morgan fingerprint density at radius 1 is 0.906 bits per heavy atom. The van der Waals surface area contributed by atoms with Crippen molar-refractivity contribution in [3.05, 3.63) is 24.3 Å². The van der Waals surface area contributed by atoms with Crippen molar-refractivity contribution in [3.63, 3.8) is 0 Å². The Bertz CT molecular complexity index is 638. The first-order chi connectivity index (χ1) is 14.9. The molecule has 186 valence electrons. The zero-order chi connectivity index (χ0) is 24.2. The summed E-state index contributed by atoms with van der Waals surface area (Å²) >= 11 is 0. The predicted molar refractivity (Wildman–Crippen MR) is 113 cm³/mol. The van der Waals surface area contributed by atoms with Crippen LogP contribution < -0.4 is 0 Å². The second kappa shape index (κ2) is 11.5. The van der Waals surface area contributed by atoms with Gasteiger partial charge in [-0.15, -0.1) is 6.58 Å². The van der Waals surface area contributed by atoms with Gasteiger partial charge in [-0.05, 0) is 40.5 Å². The van der Waals surface area contributed by atoms with Gasteiger partial charge in [-0.2, -0.15) is 0 Å². The van der Waals surface area contributed by atoms with Gasteiger partial charge in [-0.3, -0.25) is 0 Å². The SMILES string of the molecule is C=C[C@](C)(CCC=C(C)C)O[C@@H]1O[C@H](CO[C@@H]2O[C@@H](C)[C@H](O)[C@@H](O)[C@H]2O)[C@@H](O)[C@H](O)[C@H]1O. The molecule has 2 saturated heterocycles. The van der Waals surface area contributed by atoms with Crippen molar-refractivity contribution in [2.24, 2.45) is 0 Å². The van der Waals surface area contributed by atoms with Crippen LogP contribution in [0.4, 0.5) is 0 Å². The maximum atomic E-state index is 10.4. The van der Waals surface area contributed by atoms with Crippen LogP contribution in [-0.2, 0) is 18.9 Å². The van der Waals surface area contributed by atoms with Gasteiger partial charge < -0.3 is 49.6 Å². The van der Waals surface area contributed by atoms with Gasteiger partial charge in [-0.1, -0.05) is 17.7 Å². The first kappa shape index (κ1) is 27.3. The summed E-state index contributed by atoms with van der Waals surface area (Å²) in [5, 5.41) is 60.8. The second-order valence-electron chi connectivity index (χ2n) is 8.98. The molecule has 0 spiro atoms. The molecule has 0 amide bonds. The van der Waals surface area contributed by atoms with E-state index in [2.05, 4.69) is 6.58 Å². The molecule has 11 atom stereocenters. The largest absolute Gasteiger partial charge is 0.388 e. The molecular weight excluding hydrogens is 424 g/mol. The number of rotatable bonds is 9. The minimum absolute atomic E-state index is 0.343. The molecule has 0 aromatic heterocycles. The molecule has 2 aliphatic heterocycles. The van der Waals surface area contributed by atoms with Crippen molar-refractivity contribution in [2.45, 2.75) is 108 Å². The molecule has 0 aromatic carbocycles. The van der Waals surface area contributed by atoms with Crippen LogP contribution in [0.3, 0.4) is 0 Å². The number of aliphatic hydroxyl groups excluding tert-OH is 6. The number of hydrogen-bond donors (Lipinski definition) is 6. The van der Waals surface area contributed by atoms with Crippen LogP contribution in [0.25, 0.3) is 0 Å². The van der Waals surface area contributed by atoms with Crippen molar-refractivity contribution in [2.75, 3.05) is 6.61 Å². The van der Waals surface area contributed by atoms with E-state index in [1.165, 1.54) is 6.92 Å². The van der Waals surface area contributed by atoms with Crippen LogP contribution in [0.2, 0.25) is 0 Å². The van der Waals surface area contributed by atoms with Crippen molar-refractivity contribution >= 4 is 0 Å². The number of hydrogen-bond acceptors (Lipinski definition) is 10. The average Bonchev–Trinajstić information content (AvgIpc) is 2.74. The average molecular weight is 463 g/mol. The molecule has 6 N–H and O–H groups in total. The lowest BCUT2D eigenvalue weighted by molar-refractivity contribution is -0.338. The Morgan fingerprint density at radius 2 is 1.50 bits per heavy atom. The van der Waals surface area contributed by atoms with Crippen molar-refractivity contribution in [1.82, 2.24) is 0 Å². The number of aliphatic hydroxyl groups is 6. The maximum Gasteiger partial charge on any atom is 0.187 e. The van der Waals surface area contributed by atoms with E-state index in [9.17, 15) is 30.6 Å². The fourth-order valence-electron chi connectivity index (χ4n) is 3.61. The van der Waals surface area contributed by atoms with Gasteiger partial charge in [0.05, 0.1) is 18.3 Å². The zero-order valence-corrected chi connectivity index (χ0v) is 19.1. The summed E-state index contributed by atoms with van der Waals surface area (Å²) in [6, 6.07) is 0. The van der Waals surface area contributed by atoms with Crippen LogP contribution in [-0.4, -0.2) is 104 Å². The smallest absolute Gasteiger partial charge is 0.187 e. The summed E-state index contributed by atoms with van der Waals surface area (Å²) in [7, 11) is 0. The first-order valence-electron chi connectivity index (χ1n) is 10.9. The molecule has 0 saturated carbocycles. The number of allylic oxidation sites excluding steroid dienone is 2. The second-order valence-corrected chi connectivity index (χ2v) is 8.98. The molecule has 10 heteroatoms. The molecule has 2 aliphatic rings. The minimum Gasteiger partial charge on any atom is -0.388 e. The molecule has 32 heavy (non-hydrogen) atoms. The van der Waals surface area contributed by atoms with Gasteiger partial charge in [-0.25, -0.2) is 0 Å². The summed E-state index contributed by atoms with van der Waals surface area (Å²) in [4.78, 5) is 0. The van der Waals surface area contributed by atoms with Crippen LogP contribution in [0, 0.1) is 0 Å². The fourth-order valence-corrected chi connectivity index (χ4v) is 3.61. The van der Waals surface area contributed by atoms with Crippen LogP contribution in [0.1, 0.15) is 40.5 Å². The van der Waals surface area contributed by atoms with Gasteiger partial charge >= 0.3 is 0 Å². The van der Waals surface area contributed by atoms with Gasteiger partial charge in [0.25, 0.3) is 0 Å². The van der Waals surface area contributed by atoms with E-state index in [1.807, 2.05) is 19.9 Å². The van der Waals surface area contributed by atoms with Gasteiger partial charge in [0, 0.05) is 0 Å². The van der Waals surface area contributed by atoms with E-state index in [-0.39, 0.29) is 6.61 Å². The van der Waals surface area contributed by atoms with Gasteiger partial charge in [0.1, 0.15) is 42.7 Å². The fraction of sp³-hybridized carbons (Fsp3) is 0.818. The molecule has 2 heterocycles. The highest BCUT2D eigenvalue weighted by atomic mass is 16.7.